The number of carbonyl (C=O) groups is 2. The van der Waals surface area contributed by atoms with Crippen LogP contribution in [0.25, 0.3) is 0 Å². The molecule has 7 heteroatoms. The first kappa shape index (κ1) is 20.1. The van der Waals surface area contributed by atoms with E-state index in [0.29, 0.717) is 22.9 Å². The Kier molecular flexibility index (Phi) is 5.89. The predicted molar refractivity (Wildman–Crippen MR) is 104 cm³/mol. The summed E-state index contributed by atoms with van der Waals surface area (Å²) in [5.41, 5.74) is 2.12. The van der Waals surface area contributed by atoms with Crippen LogP contribution in [0.4, 0.5) is 10.1 Å². The van der Waals surface area contributed by atoms with Crippen LogP contribution < -0.4 is 10.1 Å². The van der Waals surface area contributed by atoms with E-state index < -0.39 is 18.0 Å². The van der Waals surface area contributed by atoms with Crippen LogP contribution in [0.1, 0.15) is 30.4 Å². The number of carbonyl (C=O) groups excluding carboxylic acids is 2. The second-order valence-electron chi connectivity index (χ2n) is 6.87. The smallest absolute Gasteiger partial charge is 0.310 e. The maximum atomic E-state index is 13.0. The van der Waals surface area contributed by atoms with Gasteiger partial charge in [-0.1, -0.05) is 23.7 Å². The third kappa shape index (κ3) is 4.44. The van der Waals surface area contributed by atoms with Gasteiger partial charge in [0.15, 0.2) is 6.10 Å². The third-order valence-electron chi connectivity index (χ3n) is 4.79. The summed E-state index contributed by atoms with van der Waals surface area (Å²) in [6.45, 7) is 3.32. The quantitative estimate of drug-likeness (QED) is 0.720. The van der Waals surface area contributed by atoms with Gasteiger partial charge in [-0.2, -0.15) is 0 Å². The predicted octanol–water partition coefficient (Wildman–Crippen LogP) is 4.47. The molecule has 3 atom stereocenters. The molecule has 1 aliphatic carbocycles. The molecule has 2 aromatic carbocycles. The molecule has 2 aromatic rings. The molecule has 1 saturated carbocycles. The van der Waals surface area contributed by atoms with E-state index in [0.717, 1.165) is 11.1 Å². The van der Waals surface area contributed by atoms with Crippen LogP contribution in [0.5, 0.6) is 5.75 Å². The molecule has 0 saturated heterocycles. The van der Waals surface area contributed by atoms with Gasteiger partial charge in [-0.25, -0.2) is 4.39 Å². The minimum atomic E-state index is -0.970. The van der Waals surface area contributed by atoms with E-state index in [9.17, 15) is 14.0 Å². The van der Waals surface area contributed by atoms with Crippen LogP contribution >= 0.6 is 11.6 Å². The number of esters is 1. The van der Waals surface area contributed by atoms with Gasteiger partial charge in [0.05, 0.1) is 18.7 Å². The van der Waals surface area contributed by atoms with Crippen molar-refractivity contribution in [2.45, 2.75) is 32.3 Å². The van der Waals surface area contributed by atoms with Crippen LogP contribution in [0.15, 0.2) is 36.4 Å². The van der Waals surface area contributed by atoms with Gasteiger partial charge in [-0.05, 0) is 55.5 Å². The van der Waals surface area contributed by atoms with Crippen molar-refractivity contribution in [2.24, 2.45) is 5.92 Å². The van der Waals surface area contributed by atoms with Gasteiger partial charge in [-0.3, -0.25) is 9.59 Å². The normalized spacial score (nSPS) is 18.9. The van der Waals surface area contributed by atoms with Crippen LogP contribution in [0.2, 0.25) is 5.02 Å². The van der Waals surface area contributed by atoms with Gasteiger partial charge in [0.2, 0.25) is 0 Å². The van der Waals surface area contributed by atoms with E-state index in [1.165, 1.54) is 26.2 Å². The topological polar surface area (TPSA) is 64.6 Å². The zero-order valence-electron chi connectivity index (χ0n) is 15.8. The molecule has 1 N–H and O–H groups in total. The molecular weight excluding hydrogens is 385 g/mol. The number of nitrogens with one attached hydrogen (secondary N) is 1. The van der Waals surface area contributed by atoms with E-state index in [2.05, 4.69) is 5.32 Å². The first-order chi connectivity index (χ1) is 13.3. The lowest BCUT2D eigenvalue weighted by molar-refractivity contribution is -0.154. The maximum absolute atomic E-state index is 13.0. The minimum Gasteiger partial charge on any atom is -0.495 e. The molecule has 1 amide bonds. The summed E-state index contributed by atoms with van der Waals surface area (Å²) in [6, 6.07) is 9.37. The largest absolute Gasteiger partial charge is 0.495 e. The van der Waals surface area contributed by atoms with Crippen LogP contribution in [0, 0.1) is 18.7 Å². The number of amides is 1. The van der Waals surface area contributed by atoms with Gasteiger partial charge >= 0.3 is 5.97 Å². The Balaban J connectivity index is 1.58. The molecule has 28 heavy (non-hydrogen) atoms. The monoisotopic (exact) mass is 405 g/mol. The molecule has 0 spiro atoms. The van der Waals surface area contributed by atoms with Gasteiger partial charge in [0, 0.05) is 11.1 Å². The highest BCUT2D eigenvalue weighted by Crippen LogP contribution is 2.48. The average molecular weight is 406 g/mol. The highest BCUT2D eigenvalue weighted by atomic mass is 35.5. The summed E-state index contributed by atoms with van der Waals surface area (Å²) in [5, 5.41) is 3.22. The second kappa shape index (κ2) is 8.19. The van der Waals surface area contributed by atoms with Crippen molar-refractivity contribution in [1.82, 2.24) is 0 Å². The molecule has 0 aromatic heterocycles. The molecule has 5 nitrogen and oxygen atoms in total. The Morgan fingerprint density at radius 2 is 1.93 bits per heavy atom. The van der Waals surface area contributed by atoms with Gasteiger partial charge in [-0.15, -0.1) is 0 Å². The lowest BCUT2D eigenvalue weighted by Gasteiger charge is -2.16. The molecule has 3 unspecified atom stereocenters. The molecule has 3 rings (SSSR count). The molecular formula is C21H21ClFNO4. The average Bonchev–Trinajstić information content (AvgIpc) is 3.46. The summed E-state index contributed by atoms with van der Waals surface area (Å²) < 4.78 is 23.6. The van der Waals surface area contributed by atoms with Crippen molar-refractivity contribution >= 4 is 29.2 Å². The zero-order chi connectivity index (χ0) is 20.4. The van der Waals surface area contributed by atoms with E-state index in [4.69, 9.17) is 21.1 Å². The molecule has 0 aliphatic heterocycles. The fraction of sp³-hybridized carbons (Fsp3) is 0.333. The number of benzene rings is 2. The van der Waals surface area contributed by atoms with Crippen molar-refractivity contribution in [3.63, 3.8) is 0 Å². The highest BCUT2D eigenvalue weighted by Gasteiger charge is 2.46. The number of methoxy groups -OCH3 is 1. The zero-order valence-corrected chi connectivity index (χ0v) is 16.5. The summed E-state index contributed by atoms with van der Waals surface area (Å²) >= 11 is 6.06. The lowest BCUT2D eigenvalue weighted by Crippen LogP contribution is -2.30. The minimum absolute atomic E-state index is 0.00219. The Morgan fingerprint density at radius 1 is 1.25 bits per heavy atom. The maximum Gasteiger partial charge on any atom is 0.310 e. The number of ether oxygens (including phenoxy) is 2. The van der Waals surface area contributed by atoms with Crippen LogP contribution in [-0.4, -0.2) is 25.1 Å². The van der Waals surface area contributed by atoms with E-state index in [1.807, 2.05) is 6.92 Å². The van der Waals surface area contributed by atoms with Crippen molar-refractivity contribution in [3.05, 3.63) is 58.4 Å². The lowest BCUT2D eigenvalue weighted by atomic mass is 10.1. The van der Waals surface area contributed by atoms with Gasteiger partial charge in [0.25, 0.3) is 5.91 Å². The van der Waals surface area contributed by atoms with Gasteiger partial charge in [0.1, 0.15) is 11.6 Å². The number of halogens is 2. The number of aryl methyl sites for hydroxylation is 1. The summed E-state index contributed by atoms with van der Waals surface area (Å²) in [4.78, 5) is 24.8. The second-order valence-corrected chi connectivity index (χ2v) is 7.28. The molecule has 1 aliphatic rings. The molecule has 0 bridgehead atoms. The van der Waals surface area contributed by atoms with Crippen molar-refractivity contribution in [3.8, 4) is 5.75 Å². The van der Waals surface area contributed by atoms with E-state index in [1.54, 1.807) is 24.3 Å². The first-order valence-electron chi connectivity index (χ1n) is 8.91. The molecule has 0 heterocycles. The number of hydrogen-bond acceptors (Lipinski definition) is 4. The Morgan fingerprint density at radius 3 is 2.57 bits per heavy atom. The fourth-order valence-electron chi connectivity index (χ4n) is 3.01. The number of anilines is 1. The van der Waals surface area contributed by atoms with Crippen molar-refractivity contribution < 1.29 is 23.5 Å². The molecule has 0 radical (unpaired) electrons. The Hall–Kier alpha value is -2.60. The summed E-state index contributed by atoms with van der Waals surface area (Å²) in [5.74, 6) is -1.11. The van der Waals surface area contributed by atoms with Crippen molar-refractivity contribution in [1.29, 1.82) is 0 Å². The third-order valence-corrected chi connectivity index (χ3v) is 5.20. The van der Waals surface area contributed by atoms with E-state index >= 15 is 0 Å². The molecule has 148 valence electrons. The number of hydrogen-bond donors (Lipinski definition) is 1. The Bertz CT molecular complexity index is 900. The standard InChI is InChI=1S/C21H21ClFNO4/c1-11-8-18(19(27-3)10-17(11)22)24-20(25)12(2)28-21(26)16-9-15(16)13-4-6-14(23)7-5-13/h4-8,10,12,15-16H,9H2,1-3H3,(H,24,25). The highest BCUT2D eigenvalue weighted by molar-refractivity contribution is 6.31. The fourth-order valence-corrected chi connectivity index (χ4v) is 3.17. The van der Waals surface area contributed by atoms with E-state index in [-0.39, 0.29) is 17.7 Å². The van der Waals surface area contributed by atoms with Crippen LogP contribution in [-0.2, 0) is 14.3 Å². The van der Waals surface area contributed by atoms with Crippen LogP contribution in [0.3, 0.4) is 0 Å². The number of rotatable bonds is 6. The van der Waals surface area contributed by atoms with Gasteiger partial charge < -0.3 is 14.8 Å². The SMILES string of the molecule is COc1cc(Cl)c(C)cc1NC(=O)C(C)OC(=O)C1CC1c1ccc(F)cc1. The first-order valence-corrected chi connectivity index (χ1v) is 9.29. The Labute approximate surface area is 167 Å². The molecule has 1 fully saturated rings. The summed E-state index contributed by atoms with van der Waals surface area (Å²) in [7, 11) is 1.47. The summed E-state index contributed by atoms with van der Waals surface area (Å²) in [6.07, 6.45) is -0.342. The van der Waals surface area contributed by atoms with Crippen molar-refractivity contribution in [2.75, 3.05) is 12.4 Å².